The second kappa shape index (κ2) is 5.24. The molecule has 0 fully saturated rings. The van der Waals surface area contributed by atoms with E-state index in [0.29, 0.717) is 16.8 Å². The van der Waals surface area contributed by atoms with Crippen LogP contribution in [-0.2, 0) is 6.54 Å². The molecule has 0 N–H and O–H groups in total. The van der Waals surface area contributed by atoms with Gasteiger partial charge >= 0.3 is 0 Å². The summed E-state index contributed by atoms with van der Waals surface area (Å²) in [6, 6.07) is 6.54. The van der Waals surface area contributed by atoms with Gasteiger partial charge in [-0.15, -0.1) is 0 Å². The summed E-state index contributed by atoms with van der Waals surface area (Å²) in [6.07, 6.45) is 0. The van der Waals surface area contributed by atoms with Crippen molar-refractivity contribution in [3.05, 3.63) is 56.9 Å². The Bertz CT molecular complexity index is 689. The molecule has 0 saturated heterocycles. The van der Waals surface area contributed by atoms with Crippen molar-refractivity contribution in [2.75, 3.05) is 0 Å². The van der Waals surface area contributed by atoms with Gasteiger partial charge in [-0.25, -0.2) is 0 Å². The van der Waals surface area contributed by atoms with Crippen molar-refractivity contribution in [3.8, 4) is 0 Å². The number of para-hydroxylation sites is 1. The maximum absolute atomic E-state index is 11.6. The van der Waals surface area contributed by atoms with Gasteiger partial charge in [0.1, 0.15) is 0 Å². The molecular weight excluding hydrogens is 258 g/mol. The average Bonchev–Trinajstić information content (AvgIpc) is 2.64. The number of aryl methyl sites for hydroxylation is 1. The van der Waals surface area contributed by atoms with E-state index < -0.39 is 4.92 Å². The molecule has 0 spiro atoms. The minimum absolute atomic E-state index is 0.0474. The fraction of sp³-hybridized carbons (Fsp3) is 0.286. The Morgan fingerprint density at radius 1 is 1.35 bits per heavy atom. The quantitative estimate of drug-likeness (QED) is 0.487. The van der Waals surface area contributed by atoms with Gasteiger partial charge in [0.25, 0.3) is 5.69 Å². The Kier molecular flexibility index (Phi) is 3.65. The van der Waals surface area contributed by atoms with Crippen LogP contribution in [0.25, 0.3) is 0 Å². The predicted octanol–water partition coefficient (Wildman–Crippen LogP) is 2.66. The Labute approximate surface area is 116 Å². The van der Waals surface area contributed by atoms with Crippen LogP contribution in [-0.4, -0.2) is 20.5 Å². The van der Waals surface area contributed by atoms with Crippen molar-refractivity contribution < 1.29 is 9.72 Å². The summed E-state index contributed by atoms with van der Waals surface area (Å²) in [4.78, 5) is 22.2. The van der Waals surface area contributed by atoms with E-state index in [1.54, 1.807) is 36.7 Å². The number of nitrogens with zero attached hydrogens (tertiary/aromatic N) is 3. The van der Waals surface area contributed by atoms with E-state index in [4.69, 9.17) is 0 Å². The maximum Gasteiger partial charge on any atom is 0.274 e. The van der Waals surface area contributed by atoms with Gasteiger partial charge in [-0.05, 0) is 20.8 Å². The van der Waals surface area contributed by atoms with Gasteiger partial charge < -0.3 is 0 Å². The van der Waals surface area contributed by atoms with Gasteiger partial charge in [0.15, 0.2) is 5.78 Å². The number of rotatable bonds is 4. The Morgan fingerprint density at radius 2 is 2.00 bits per heavy atom. The summed E-state index contributed by atoms with van der Waals surface area (Å²) in [5, 5.41) is 15.3. The first-order valence-electron chi connectivity index (χ1n) is 6.19. The Morgan fingerprint density at radius 3 is 2.55 bits per heavy atom. The van der Waals surface area contributed by atoms with Crippen molar-refractivity contribution in [2.24, 2.45) is 0 Å². The highest BCUT2D eigenvalue weighted by Crippen LogP contribution is 2.21. The molecule has 0 aliphatic carbocycles. The molecule has 0 saturated carbocycles. The molecule has 0 atom stereocenters. The van der Waals surface area contributed by atoms with E-state index in [1.165, 1.54) is 13.0 Å². The smallest absolute Gasteiger partial charge is 0.274 e. The zero-order chi connectivity index (χ0) is 14.9. The third-order valence-electron chi connectivity index (χ3n) is 3.24. The van der Waals surface area contributed by atoms with Crippen LogP contribution in [0.4, 0.5) is 5.69 Å². The Hall–Kier alpha value is -2.50. The summed E-state index contributed by atoms with van der Waals surface area (Å²) in [5.74, 6) is -0.0474. The molecule has 1 aromatic heterocycles. The van der Waals surface area contributed by atoms with Crippen LogP contribution in [0.15, 0.2) is 24.3 Å². The van der Waals surface area contributed by atoms with E-state index in [2.05, 4.69) is 5.10 Å². The number of aromatic nitrogens is 2. The van der Waals surface area contributed by atoms with E-state index in [0.717, 1.165) is 5.69 Å². The molecule has 0 unspecified atom stereocenters. The second-order valence-corrected chi connectivity index (χ2v) is 4.65. The largest absolute Gasteiger partial charge is 0.294 e. The lowest BCUT2D eigenvalue weighted by atomic mass is 10.1. The highest BCUT2D eigenvalue weighted by Gasteiger charge is 2.18. The van der Waals surface area contributed by atoms with E-state index in [9.17, 15) is 14.9 Å². The molecule has 104 valence electrons. The van der Waals surface area contributed by atoms with Crippen LogP contribution in [0.5, 0.6) is 0 Å². The molecule has 20 heavy (non-hydrogen) atoms. The van der Waals surface area contributed by atoms with E-state index >= 15 is 0 Å². The van der Waals surface area contributed by atoms with Crippen LogP contribution in [0.2, 0.25) is 0 Å². The zero-order valence-electron chi connectivity index (χ0n) is 11.6. The number of ketones is 1. The van der Waals surface area contributed by atoms with Crippen LogP contribution in [0.1, 0.15) is 34.2 Å². The standard InChI is InChI=1S/C14H15N3O3/c1-9-14(11(3)18)10(2)16(15-9)8-12-6-4-5-7-13(12)17(19)20/h4-7H,8H2,1-3H3. The summed E-state index contributed by atoms with van der Waals surface area (Å²) >= 11 is 0. The molecule has 6 nitrogen and oxygen atoms in total. The number of nitro groups is 1. The lowest BCUT2D eigenvalue weighted by molar-refractivity contribution is -0.385. The average molecular weight is 273 g/mol. The third kappa shape index (κ3) is 2.45. The topological polar surface area (TPSA) is 78.0 Å². The lowest BCUT2D eigenvalue weighted by Gasteiger charge is -2.05. The number of nitro benzene ring substituents is 1. The molecule has 2 aromatic rings. The van der Waals surface area contributed by atoms with Crippen LogP contribution in [0.3, 0.4) is 0 Å². The minimum Gasteiger partial charge on any atom is -0.294 e. The fourth-order valence-corrected chi connectivity index (χ4v) is 2.34. The van der Waals surface area contributed by atoms with E-state index in [-0.39, 0.29) is 18.0 Å². The molecule has 0 aliphatic heterocycles. The number of benzene rings is 1. The number of Topliss-reactive ketones (excluding diaryl/α,β-unsaturated/α-hetero) is 1. The lowest BCUT2D eigenvalue weighted by Crippen LogP contribution is -2.07. The monoisotopic (exact) mass is 273 g/mol. The summed E-state index contributed by atoms with van der Waals surface area (Å²) in [5.41, 5.74) is 2.59. The van der Waals surface area contributed by atoms with Crippen molar-refractivity contribution in [1.82, 2.24) is 9.78 Å². The second-order valence-electron chi connectivity index (χ2n) is 4.65. The van der Waals surface area contributed by atoms with Gasteiger partial charge in [0.05, 0.1) is 28.3 Å². The molecule has 0 radical (unpaired) electrons. The van der Waals surface area contributed by atoms with Gasteiger partial charge in [0.2, 0.25) is 0 Å². The molecule has 1 heterocycles. The van der Waals surface area contributed by atoms with Crippen LogP contribution >= 0.6 is 0 Å². The van der Waals surface area contributed by atoms with Gasteiger partial charge in [-0.3, -0.25) is 19.6 Å². The molecule has 1 aromatic carbocycles. The first kappa shape index (κ1) is 13.9. The molecule has 0 bridgehead atoms. The number of carbonyl (C=O) groups is 1. The molecule has 0 amide bonds. The fourth-order valence-electron chi connectivity index (χ4n) is 2.34. The zero-order valence-corrected chi connectivity index (χ0v) is 11.6. The SMILES string of the molecule is CC(=O)c1c(C)nn(Cc2ccccc2[N+](=O)[O-])c1C. The maximum atomic E-state index is 11.6. The normalized spacial score (nSPS) is 10.6. The van der Waals surface area contributed by atoms with Crippen LogP contribution < -0.4 is 0 Å². The highest BCUT2D eigenvalue weighted by molar-refractivity contribution is 5.96. The third-order valence-corrected chi connectivity index (χ3v) is 3.24. The van der Waals surface area contributed by atoms with Gasteiger partial charge in [0, 0.05) is 11.8 Å². The molecule has 0 aliphatic rings. The van der Waals surface area contributed by atoms with Crippen molar-refractivity contribution >= 4 is 11.5 Å². The molecule has 6 heteroatoms. The number of hydrogen-bond acceptors (Lipinski definition) is 4. The molecular formula is C14H15N3O3. The van der Waals surface area contributed by atoms with Gasteiger partial charge in [-0.1, -0.05) is 18.2 Å². The number of carbonyl (C=O) groups excluding carboxylic acids is 1. The van der Waals surface area contributed by atoms with E-state index in [1.807, 2.05) is 0 Å². The minimum atomic E-state index is -0.410. The van der Waals surface area contributed by atoms with Crippen LogP contribution in [0, 0.1) is 24.0 Å². The van der Waals surface area contributed by atoms with Crippen molar-refractivity contribution in [3.63, 3.8) is 0 Å². The number of hydrogen-bond donors (Lipinski definition) is 0. The predicted molar refractivity (Wildman–Crippen MR) is 73.9 cm³/mol. The van der Waals surface area contributed by atoms with Crippen molar-refractivity contribution in [2.45, 2.75) is 27.3 Å². The first-order chi connectivity index (χ1) is 9.41. The van der Waals surface area contributed by atoms with Crippen molar-refractivity contribution in [1.29, 1.82) is 0 Å². The summed E-state index contributed by atoms with van der Waals surface area (Å²) in [7, 11) is 0. The summed E-state index contributed by atoms with van der Waals surface area (Å²) in [6.45, 7) is 5.33. The highest BCUT2D eigenvalue weighted by atomic mass is 16.6. The summed E-state index contributed by atoms with van der Waals surface area (Å²) < 4.78 is 1.63. The first-order valence-corrected chi connectivity index (χ1v) is 6.19. The van der Waals surface area contributed by atoms with Gasteiger partial charge in [-0.2, -0.15) is 5.10 Å². The Balaban J connectivity index is 2.44. The molecule has 2 rings (SSSR count).